The maximum absolute atomic E-state index is 6.12. The third-order valence-corrected chi connectivity index (χ3v) is 5.15. The number of likely N-dealkylation sites (tertiary alicyclic amines) is 1. The minimum Gasteiger partial charge on any atom is -0.490 e. The van der Waals surface area contributed by atoms with Gasteiger partial charge < -0.3 is 15.0 Å². The number of aliphatic imine (C=N–C) groups is 1. The average Bonchev–Trinajstić information content (AvgIpc) is 3.33. The minimum absolute atomic E-state index is 0.255. The molecule has 1 aliphatic rings. The molecular weight excluding hydrogens is 376 g/mol. The van der Waals surface area contributed by atoms with E-state index in [4.69, 9.17) is 9.73 Å². The van der Waals surface area contributed by atoms with Gasteiger partial charge in [-0.15, -0.1) is 0 Å². The number of nitrogens with zero attached hydrogens (tertiary/aromatic N) is 4. The molecule has 7 heteroatoms. The molecule has 4 rings (SSSR count). The van der Waals surface area contributed by atoms with Crippen molar-refractivity contribution >= 4 is 5.96 Å². The number of guanidine groups is 1. The summed E-state index contributed by atoms with van der Waals surface area (Å²) in [4.78, 5) is 11.4. The highest BCUT2D eigenvalue weighted by Gasteiger charge is 2.22. The van der Waals surface area contributed by atoms with Crippen molar-refractivity contribution in [2.75, 3.05) is 19.6 Å². The number of aromatic nitrogens is 3. The van der Waals surface area contributed by atoms with Gasteiger partial charge >= 0.3 is 0 Å². The van der Waals surface area contributed by atoms with Crippen molar-refractivity contribution in [2.45, 2.75) is 32.4 Å². The molecule has 1 aliphatic heterocycles. The minimum atomic E-state index is 0.255. The Morgan fingerprint density at radius 3 is 2.73 bits per heavy atom. The van der Waals surface area contributed by atoms with Gasteiger partial charge in [0.1, 0.15) is 18.2 Å². The molecule has 156 valence electrons. The van der Waals surface area contributed by atoms with Crippen LogP contribution in [0.3, 0.4) is 0 Å². The van der Waals surface area contributed by atoms with Gasteiger partial charge in [-0.05, 0) is 30.7 Å². The van der Waals surface area contributed by atoms with E-state index in [9.17, 15) is 0 Å². The van der Waals surface area contributed by atoms with E-state index in [0.717, 1.165) is 61.1 Å². The second-order valence-electron chi connectivity index (χ2n) is 7.32. The second-order valence-corrected chi connectivity index (χ2v) is 7.32. The smallest absolute Gasteiger partial charge is 0.194 e. The van der Waals surface area contributed by atoms with E-state index in [0.29, 0.717) is 6.54 Å². The Balaban J connectivity index is 1.37. The summed E-state index contributed by atoms with van der Waals surface area (Å²) in [6.07, 6.45) is 3.75. The van der Waals surface area contributed by atoms with Crippen molar-refractivity contribution in [3.8, 4) is 17.1 Å². The molecule has 1 saturated heterocycles. The molecule has 0 unspecified atom stereocenters. The summed E-state index contributed by atoms with van der Waals surface area (Å²) in [5.74, 6) is 2.68. The lowest BCUT2D eigenvalue weighted by molar-refractivity contribution is 0.129. The van der Waals surface area contributed by atoms with Gasteiger partial charge in [0.25, 0.3) is 0 Å². The molecule has 3 aromatic rings. The molecule has 0 atom stereocenters. The van der Waals surface area contributed by atoms with Crippen LogP contribution in [0.2, 0.25) is 0 Å². The van der Waals surface area contributed by atoms with Gasteiger partial charge in [-0.2, -0.15) is 5.10 Å². The summed E-state index contributed by atoms with van der Waals surface area (Å²) in [6.45, 7) is 5.43. The number of H-pyrrole nitrogens is 1. The fourth-order valence-corrected chi connectivity index (χ4v) is 3.63. The first-order valence-electron chi connectivity index (χ1n) is 10.5. The molecule has 0 saturated carbocycles. The molecule has 2 aromatic carbocycles. The number of para-hydroxylation sites is 1. The van der Waals surface area contributed by atoms with Crippen molar-refractivity contribution < 1.29 is 4.74 Å². The Kier molecular flexibility index (Phi) is 6.59. The standard InChI is InChI=1S/C23H28N6O/c1-2-24-23(25-16-18-7-6-8-19(15-18)22-26-17-27-28-22)29-13-11-21(12-14-29)30-20-9-4-3-5-10-20/h3-10,15,17,21H,2,11-14,16H2,1H3,(H,24,25)(H,26,27,28). The van der Waals surface area contributed by atoms with Gasteiger partial charge in [0.15, 0.2) is 11.8 Å². The zero-order valence-electron chi connectivity index (χ0n) is 17.3. The molecular formula is C23H28N6O. The number of hydrogen-bond donors (Lipinski definition) is 2. The second kappa shape index (κ2) is 9.91. The van der Waals surface area contributed by atoms with E-state index in [1.54, 1.807) is 0 Å². The summed E-state index contributed by atoms with van der Waals surface area (Å²) in [7, 11) is 0. The summed E-state index contributed by atoms with van der Waals surface area (Å²) >= 11 is 0. The van der Waals surface area contributed by atoms with Crippen molar-refractivity contribution in [1.29, 1.82) is 0 Å². The van der Waals surface area contributed by atoms with Crippen LogP contribution in [-0.4, -0.2) is 51.8 Å². The Labute approximate surface area is 177 Å². The zero-order valence-corrected chi connectivity index (χ0v) is 17.3. The normalized spacial score (nSPS) is 15.2. The number of nitrogens with one attached hydrogen (secondary N) is 2. The van der Waals surface area contributed by atoms with Gasteiger partial charge in [0.05, 0.1) is 6.54 Å². The Hall–Kier alpha value is -3.35. The summed E-state index contributed by atoms with van der Waals surface area (Å²) in [5, 5.41) is 10.3. The van der Waals surface area contributed by atoms with Crippen LogP contribution in [0.1, 0.15) is 25.3 Å². The fourth-order valence-electron chi connectivity index (χ4n) is 3.63. The first-order valence-corrected chi connectivity index (χ1v) is 10.5. The Bertz CT molecular complexity index is 933. The van der Waals surface area contributed by atoms with Crippen LogP contribution < -0.4 is 10.1 Å². The van der Waals surface area contributed by atoms with Crippen molar-refractivity contribution in [3.05, 3.63) is 66.5 Å². The lowest BCUT2D eigenvalue weighted by Gasteiger charge is -2.34. The highest BCUT2D eigenvalue weighted by Crippen LogP contribution is 2.19. The molecule has 0 bridgehead atoms. The first kappa shape index (κ1) is 19.9. The van der Waals surface area contributed by atoms with Crippen LogP contribution >= 0.6 is 0 Å². The van der Waals surface area contributed by atoms with E-state index < -0.39 is 0 Å². The Morgan fingerprint density at radius 2 is 2.00 bits per heavy atom. The lowest BCUT2D eigenvalue weighted by atomic mass is 10.1. The predicted octanol–water partition coefficient (Wildman–Crippen LogP) is 3.48. The van der Waals surface area contributed by atoms with E-state index in [1.165, 1.54) is 6.33 Å². The van der Waals surface area contributed by atoms with Gasteiger partial charge in [-0.3, -0.25) is 5.10 Å². The summed E-state index contributed by atoms with van der Waals surface area (Å²) in [6, 6.07) is 18.3. The van der Waals surface area contributed by atoms with Crippen molar-refractivity contribution in [3.63, 3.8) is 0 Å². The van der Waals surface area contributed by atoms with Gasteiger partial charge in [0.2, 0.25) is 0 Å². The van der Waals surface area contributed by atoms with E-state index >= 15 is 0 Å². The lowest BCUT2D eigenvalue weighted by Crippen LogP contribution is -2.47. The molecule has 7 nitrogen and oxygen atoms in total. The molecule has 0 amide bonds. The van der Waals surface area contributed by atoms with Crippen LogP contribution in [-0.2, 0) is 6.54 Å². The van der Waals surface area contributed by atoms with Crippen molar-refractivity contribution in [2.24, 2.45) is 4.99 Å². The number of benzene rings is 2. The van der Waals surface area contributed by atoms with Crippen LogP contribution in [0.5, 0.6) is 5.75 Å². The largest absolute Gasteiger partial charge is 0.490 e. The zero-order chi connectivity index (χ0) is 20.6. The van der Waals surface area contributed by atoms with Crippen LogP contribution in [0.15, 0.2) is 65.9 Å². The van der Waals surface area contributed by atoms with E-state index in [-0.39, 0.29) is 6.10 Å². The molecule has 1 aromatic heterocycles. The molecule has 2 N–H and O–H groups in total. The average molecular weight is 405 g/mol. The summed E-state index contributed by atoms with van der Waals surface area (Å²) in [5.41, 5.74) is 2.16. The number of ether oxygens (including phenoxy) is 1. The number of piperidine rings is 1. The molecule has 0 spiro atoms. The molecule has 30 heavy (non-hydrogen) atoms. The quantitative estimate of drug-likeness (QED) is 0.486. The third-order valence-electron chi connectivity index (χ3n) is 5.15. The Morgan fingerprint density at radius 1 is 1.17 bits per heavy atom. The van der Waals surface area contributed by atoms with Crippen LogP contribution in [0.4, 0.5) is 0 Å². The van der Waals surface area contributed by atoms with Crippen LogP contribution in [0, 0.1) is 0 Å². The number of rotatable bonds is 6. The maximum Gasteiger partial charge on any atom is 0.194 e. The molecule has 1 fully saturated rings. The SMILES string of the molecule is CCNC(=NCc1cccc(-c2ncn[nH]2)c1)N1CCC(Oc2ccccc2)CC1. The number of aromatic amines is 1. The van der Waals surface area contributed by atoms with E-state index in [2.05, 4.69) is 44.5 Å². The van der Waals surface area contributed by atoms with E-state index in [1.807, 2.05) is 42.5 Å². The van der Waals surface area contributed by atoms with Crippen LogP contribution in [0.25, 0.3) is 11.4 Å². The van der Waals surface area contributed by atoms with Gasteiger partial charge in [-0.1, -0.05) is 36.4 Å². The first-order chi connectivity index (χ1) is 14.8. The highest BCUT2D eigenvalue weighted by atomic mass is 16.5. The highest BCUT2D eigenvalue weighted by molar-refractivity contribution is 5.80. The van der Waals surface area contributed by atoms with Gasteiger partial charge in [-0.25, -0.2) is 9.98 Å². The third kappa shape index (κ3) is 5.17. The topological polar surface area (TPSA) is 78.4 Å². The summed E-state index contributed by atoms with van der Waals surface area (Å²) < 4.78 is 6.12. The molecule has 2 heterocycles. The van der Waals surface area contributed by atoms with Gasteiger partial charge in [0, 0.05) is 38.0 Å². The monoisotopic (exact) mass is 404 g/mol. The molecule has 0 radical (unpaired) electrons. The fraction of sp³-hybridized carbons (Fsp3) is 0.348. The predicted molar refractivity (Wildman–Crippen MR) is 118 cm³/mol. The number of hydrogen-bond acceptors (Lipinski definition) is 4. The maximum atomic E-state index is 6.12. The molecule has 0 aliphatic carbocycles. The van der Waals surface area contributed by atoms with Crippen molar-refractivity contribution in [1.82, 2.24) is 25.4 Å².